The highest BCUT2D eigenvalue weighted by atomic mass is 32.2. The van der Waals surface area contributed by atoms with E-state index in [1.165, 1.54) is 32.4 Å². The molecule has 184 valence electrons. The molecule has 1 saturated heterocycles. The molecule has 2 N–H and O–H groups in total. The van der Waals surface area contributed by atoms with Crippen LogP contribution in [0.5, 0.6) is 11.5 Å². The number of thioether (sulfide) groups is 1. The highest BCUT2D eigenvalue weighted by molar-refractivity contribution is 7.98. The number of nitrogens with one attached hydrogen (secondary N) is 2. The number of amides is 2. The first-order valence-electron chi connectivity index (χ1n) is 10.6. The van der Waals surface area contributed by atoms with Gasteiger partial charge in [0.25, 0.3) is 0 Å². The van der Waals surface area contributed by atoms with Crippen molar-refractivity contribution in [2.75, 3.05) is 32.8 Å². The van der Waals surface area contributed by atoms with E-state index in [1.807, 2.05) is 30.5 Å². The van der Waals surface area contributed by atoms with Crippen LogP contribution in [-0.4, -0.2) is 59.3 Å². The summed E-state index contributed by atoms with van der Waals surface area (Å²) in [6.07, 6.45) is 1.94. The lowest BCUT2D eigenvalue weighted by molar-refractivity contribution is -0.150. The number of carbonyl (C=O) groups is 2. The third-order valence-electron chi connectivity index (χ3n) is 5.53. The molecule has 1 aliphatic heterocycles. The van der Waals surface area contributed by atoms with Crippen molar-refractivity contribution < 1.29 is 32.2 Å². The Kier molecular flexibility index (Phi) is 8.32. The highest BCUT2D eigenvalue weighted by Crippen LogP contribution is 2.34. The van der Waals surface area contributed by atoms with Crippen molar-refractivity contribution in [1.82, 2.24) is 10.6 Å². The molecule has 1 aliphatic rings. The van der Waals surface area contributed by atoms with Crippen LogP contribution in [0.3, 0.4) is 0 Å². The molecule has 2 amide bonds. The van der Waals surface area contributed by atoms with Crippen LogP contribution in [-0.2, 0) is 19.4 Å². The Bertz CT molecular complexity index is 1140. The molecule has 0 aromatic heterocycles. The van der Waals surface area contributed by atoms with E-state index in [0.717, 1.165) is 4.90 Å². The van der Waals surface area contributed by atoms with Crippen LogP contribution in [0, 0.1) is 5.92 Å². The maximum Gasteiger partial charge on any atom is 0.315 e. The number of ether oxygens (including phenoxy) is 3. The van der Waals surface area contributed by atoms with Gasteiger partial charge in [0, 0.05) is 11.0 Å². The summed E-state index contributed by atoms with van der Waals surface area (Å²) in [5.41, 5.74) is 0.676. The fraction of sp³-hybridized carbons (Fsp3) is 0.391. The lowest BCUT2D eigenvalue weighted by Gasteiger charge is -2.38. The molecule has 3 rings (SSSR count). The van der Waals surface area contributed by atoms with E-state index in [-0.39, 0.29) is 17.3 Å². The van der Waals surface area contributed by atoms with Crippen molar-refractivity contribution in [1.29, 1.82) is 0 Å². The zero-order valence-electron chi connectivity index (χ0n) is 19.4. The summed E-state index contributed by atoms with van der Waals surface area (Å²) >= 11 is 1.56. The molecule has 3 unspecified atom stereocenters. The van der Waals surface area contributed by atoms with Gasteiger partial charge in [0.15, 0.2) is 9.84 Å². The van der Waals surface area contributed by atoms with Crippen LogP contribution in [0.25, 0.3) is 0 Å². The average Bonchev–Trinajstić information content (AvgIpc) is 2.83. The molecule has 1 fully saturated rings. The fourth-order valence-corrected chi connectivity index (χ4v) is 5.98. The smallest absolute Gasteiger partial charge is 0.315 e. The number of hydrogen-bond acceptors (Lipinski definition) is 8. The van der Waals surface area contributed by atoms with Crippen LogP contribution >= 0.6 is 11.8 Å². The Morgan fingerprint density at radius 3 is 2.35 bits per heavy atom. The second-order valence-corrected chi connectivity index (χ2v) is 10.4. The third kappa shape index (κ3) is 5.58. The number of methoxy groups -OCH3 is 2. The minimum Gasteiger partial charge on any atom is -0.497 e. The monoisotopic (exact) mass is 508 g/mol. The first-order chi connectivity index (χ1) is 16.2. The Morgan fingerprint density at radius 1 is 1.06 bits per heavy atom. The van der Waals surface area contributed by atoms with Gasteiger partial charge >= 0.3 is 12.0 Å². The van der Waals surface area contributed by atoms with Gasteiger partial charge in [-0.1, -0.05) is 12.1 Å². The van der Waals surface area contributed by atoms with Crippen molar-refractivity contribution in [2.24, 2.45) is 5.92 Å². The number of hydrogen-bond donors (Lipinski definition) is 2. The van der Waals surface area contributed by atoms with Crippen LogP contribution in [0.15, 0.2) is 52.3 Å². The number of benzene rings is 2. The van der Waals surface area contributed by atoms with E-state index in [9.17, 15) is 18.0 Å². The maximum absolute atomic E-state index is 13.4. The van der Waals surface area contributed by atoms with Crippen LogP contribution in [0.4, 0.5) is 4.79 Å². The van der Waals surface area contributed by atoms with E-state index < -0.39 is 45.6 Å². The number of sulfone groups is 1. The molecule has 1 heterocycles. The number of carbonyl (C=O) groups excluding carboxylic acids is 2. The molecular formula is C23H28N2O7S2. The van der Waals surface area contributed by atoms with Gasteiger partial charge < -0.3 is 24.8 Å². The number of esters is 1. The van der Waals surface area contributed by atoms with Gasteiger partial charge in [0.05, 0.1) is 38.7 Å². The number of urea groups is 1. The summed E-state index contributed by atoms with van der Waals surface area (Å²) in [5, 5.41) is 5.37. The van der Waals surface area contributed by atoms with Crippen molar-refractivity contribution in [3.63, 3.8) is 0 Å². The highest BCUT2D eigenvalue weighted by Gasteiger charge is 2.45. The second-order valence-electron chi connectivity index (χ2n) is 7.55. The summed E-state index contributed by atoms with van der Waals surface area (Å²) < 4.78 is 42.4. The summed E-state index contributed by atoms with van der Waals surface area (Å²) in [5.74, 6) is -1.56. The van der Waals surface area contributed by atoms with Crippen LogP contribution in [0.1, 0.15) is 18.5 Å². The zero-order valence-corrected chi connectivity index (χ0v) is 21.0. The molecular weight excluding hydrogens is 480 g/mol. The Morgan fingerprint density at radius 2 is 1.76 bits per heavy atom. The standard InChI is InChI=1S/C23H28N2O7S2/c1-5-32-22(26)20-17(13-34(28,29)19-11-8-15(30-2)12-18(19)31-3)24-23(27)25-21(20)14-6-9-16(33-4)10-7-14/h6-12,17,20-21H,5,13H2,1-4H3,(H2,24,25,27). The van der Waals surface area contributed by atoms with Crippen molar-refractivity contribution >= 4 is 33.6 Å². The molecule has 0 aliphatic carbocycles. The average molecular weight is 509 g/mol. The lowest BCUT2D eigenvalue weighted by atomic mass is 9.86. The quantitative estimate of drug-likeness (QED) is 0.392. The van der Waals surface area contributed by atoms with Gasteiger partial charge in [-0.05, 0) is 43.0 Å². The molecule has 2 aromatic rings. The predicted molar refractivity (Wildman–Crippen MR) is 128 cm³/mol. The third-order valence-corrected chi connectivity index (χ3v) is 8.08. The van der Waals surface area contributed by atoms with Crippen LogP contribution in [0.2, 0.25) is 0 Å². The molecule has 0 radical (unpaired) electrons. The molecule has 2 aromatic carbocycles. The van der Waals surface area contributed by atoms with Gasteiger partial charge in [0.2, 0.25) is 0 Å². The van der Waals surface area contributed by atoms with E-state index in [2.05, 4.69) is 10.6 Å². The Labute approximate surface area is 203 Å². The van der Waals surface area contributed by atoms with Crippen LogP contribution < -0.4 is 20.1 Å². The van der Waals surface area contributed by atoms with Crippen molar-refractivity contribution in [3.8, 4) is 11.5 Å². The van der Waals surface area contributed by atoms with Gasteiger partial charge in [-0.2, -0.15) is 0 Å². The fourth-order valence-electron chi connectivity index (χ4n) is 3.91. The molecule has 9 nitrogen and oxygen atoms in total. The lowest BCUT2D eigenvalue weighted by Crippen LogP contribution is -2.60. The van der Waals surface area contributed by atoms with E-state index >= 15 is 0 Å². The minimum absolute atomic E-state index is 0.0629. The molecule has 3 atom stereocenters. The first kappa shape index (κ1) is 25.7. The SMILES string of the molecule is CCOC(=O)C1C(CS(=O)(=O)c2ccc(OC)cc2OC)NC(=O)NC1c1ccc(SC)cc1. The van der Waals surface area contributed by atoms with Gasteiger partial charge in [-0.15, -0.1) is 11.8 Å². The molecule has 11 heteroatoms. The topological polar surface area (TPSA) is 120 Å². The summed E-state index contributed by atoms with van der Waals surface area (Å²) in [4.78, 5) is 26.5. The summed E-state index contributed by atoms with van der Waals surface area (Å²) in [6.45, 7) is 1.79. The molecule has 34 heavy (non-hydrogen) atoms. The summed E-state index contributed by atoms with van der Waals surface area (Å²) in [6, 6.07) is 9.38. The molecule has 0 saturated carbocycles. The van der Waals surface area contributed by atoms with Crippen molar-refractivity contribution in [3.05, 3.63) is 48.0 Å². The normalized spacial score (nSPS) is 20.1. The van der Waals surface area contributed by atoms with Gasteiger partial charge in [0.1, 0.15) is 22.3 Å². The van der Waals surface area contributed by atoms with E-state index in [4.69, 9.17) is 14.2 Å². The zero-order chi connectivity index (χ0) is 24.9. The first-order valence-corrected chi connectivity index (χ1v) is 13.4. The largest absolute Gasteiger partial charge is 0.497 e. The Balaban J connectivity index is 2.00. The van der Waals surface area contributed by atoms with Crippen molar-refractivity contribution in [2.45, 2.75) is 28.8 Å². The van der Waals surface area contributed by atoms with E-state index in [1.54, 1.807) is 18.7 Å². The second kappa shape index (κ2) is 11.0. The van der Waals surface area contributed by atoms with Gasteiger partial charge in [-0.3, -0.25) is 4.79 Å². The van der Waals surface area contributed by atoms with E-state index in [0.29, 0.717) is 11.3 Å². The molecule has 0 bridgehead atoms. The maximum atomic E-state index is 13.4. The Hall–Kier alpha value is -2.92. The predicted octanol–water partition coefficient (Wildman–Crippen LogP) is 2.80. The minimum atomic E-state index is -3.98. The molecule has 0 spiro atoms. The van der Waals surface area contributed by atoms with Gasteiger partial charge in [-0.25, -0.2) is 13.2 Å². The summed E-state index contributed by atoms with van der Waals surface area (Å²) in [7, 11) is -1.16. The number of rotatable bonds is 9.